The lowest BCUT2D eigenvalue weighted by Gasteiger charge is -2.35. The van der Waals surface area contributed by atoms with E-state index in [1.165, 1.54) is 52.7 Å². The third kappa shape index (κ3) is 4.67. The van der Waals surface area contributed by atoms with Gasteiger partial charge in [0, 0.05) is 45.0 Å². The molecule has 29 heavy (non-hydrogen) atoms. The Morgan fingerprint density at radius 2 is 1.69 bits per heavy atom. The lowest BCUT2D eigenvalue weighted by molar-refractivity contribution is -0.137. The zero-order chi connectivity index (χ0) is 21.2. The number of piperazine rings is 1. The van der Waals surface area contributed by atoms with E-state index in [1.54, 1.807) is 0 Å². The highest BCUT2D eigenvalue weighted by Gasteiger charge is 2.37. The zero-order valence-corrected chi connectivity index (χ0v) is 16.3. The number of alkyl halides is 3. The normalized spacial score (nSPS) is 15.9. The fourth-order valence-corrected chi connectivity index (χ4v) is 4.50. The highest BCUT2D eigenvalue weighted by Crippen LogP contribution is 2.35. The minimum atomic E-state index is -4.54. The third-order valence-electron chi connectivity index (χ3n) is 4.44. The van der Waals surface area contributed by atoms with Crippen molar-refractivity contribution in [1.29, 1.82) is 0 Å². The minimum absolute atomic E-state index is 0.0314. The third-order valence-corrected chi connectivity index (χ3v) is 6.36. The molecule has 1 aromatic carbocycles. The second kappa shape index (κ2) is 7.99. The Morgan fingerprint density at radius 1 is 1.07 bits per heavy atom. The highest BCUT2D eigenvalue weighted by atomic mass is 32.2. The monoisotopic (exact) mass is 428 g/mol. The van der Waals surface area contributed by atoms with Crippen LogP contribution < -0.4 is 10.2 Å². The number of hydrogen-bond acceptors (Lipinski definition) is 5. The SMILES string of the molecule is CC(=O)Nc1ccc(S(=O)(=O)N2CCN(c3ncccc3C(F)(F)F)CC2)cc1. The summed E-state index contributed by atoms with van der Waals surface area (Å²) in [6.45, 7) is 1.58. The average Bonchev–Trinajstić information content (AvgIpc) is 2.67. The number of anilines is 2. The van der Waals surface area contributed by atoms with E-state index in [0.717, 1.165) is 6.07 Å². The largest absolute Gasteiger partial charge is 0.419 e. The molecule has 0 saturated carbocycles. The summed E-state index contributed by atoms with van der Waals surface area (Å²) in [5, 5.41) is 2.55. The van der Waals surface area contributed by atoms with Crippen LogP contribution in [-0.2, 0) is 21.0 Å². The molecule has 0 unspecified atom stereocenters. The van der Waals surface area contributed by atoms with Gasteiger partial charge >= 0.3 is 6.18 Å². The molecule has 1 fully saturated rings. The number of carbonyl (C=O) groups excluding carboxylic acids is 1. The quantitative estimate of drug-likeness (QED) is 0.810. The average molecular weight is 428 g/mol. The van der Waals surface area contributed by atoms with Gasteiger partial charge in [-0.05, 0) is 36.4 Å². The van der Waals surface area contributed by atoms with Crippen molar-refractivity contribution in [3.63, 3.8) is 0 Å². The number of aromatic nitrogens is 1. The van der Waals surface area contributed by atoms with Crippen LogP contribution in [0, 0.1) is 0 Å². The molecule has 0 aliphatic carbocycles. The van der Waals surface area contributed by atoms with E-state index in [1.807, 2.05) is 0 Å². The van der Waals surface area contributed by atoms with E-state index in [9.17, 15) is 26.4 Å². The predicted molar refractivity (Wildman–Crippen MR) is 101 cm³/mol. The Labute approximate surface area is 166 Å². The van der Waals surface area contributed by atoms with Crippen molar-refractivity contribution in [3.8, 4) is 0 Å². The van der Waals surface area contributed by atoms with E-state index in [2.05, 4.69) is 10.3 Å². The molecule has 2 aromatic rings. The number of benzene rings is 1. The molecule has 7 nitrogen and oxygen atoms in total. The van der Waals surface area contributed by atoms with Crippen LogP contribution in [0.5, 0.6) is 0 Å². The van der Waals surface area contributed by atoms with Gasteiger partial charge in [0.05, 0.1) is 10.5 Å². The first-order valence-electron chi connectivity index (χ1n) is 8.74. The van der Waals surface area contributed by atoms with E-state index in [-0.39, 0.29) is 42.8 Å². The van der Waals surface area contributed by atoms with Crippen molar-refractivity contribution in [1.82, 2.24) is 9.29 Å². The molecule has 0 bridgehead atoms. The van der Waals surface area contributed by atoms with Crippen molar-refractivity contribution in [2.45, 2.75) is 18.0 Å². The van der Waals surface area contributed by atoms with Crippen molar-refractivity contribution in [2.75, 3.05) is 36.4 Å². The fraction of sp³-hybridized carbons (Fsp3) is 0.333. The number of carbonyl (C=O) groups is 1. The van der Waals surface area contributed by atoms with Gasteiger partial charge in [0.25, 0.3) is 0 Å². The molecule has 0 atom stereocenters. The van der Waals surface area contributed by atoms with Gasteiger partial charge in [0.1, 0.15) is 5.82 Å². The minimum Gasteiger partial charge on any atom is -0.353 e. The summed E-state index contributed by atoms with van der Waals surface area (Å²) < 4.78 is 66.5. The first kappa shape index (κ1) is 21.1. The Bertz CT molecular complexity index is 986. The molecule has 3 rings (SSSR count). The van der Waals surface area contributed by atoms with Crippen LogP contribution in [0.3, 0.4) is 0 Å². The number of rotatable bonds is 4. The van der Waals surface area contributed by atoms with E-state index < -0.39 is 21.8 Å². The number of pyridine rings is 1. The van der Waals surface area contributed by atoms with Gasteiger partial charge in [-0.1, -0.05) is 0 Å². The lowest BCUT2D eigenvalue weighted by Crippen LogP contribution is -2.49. The maximum Gasteiger partial charge on any atom is 0.419 e. The van der Waals surface area contributed by atoms with Crippen LogP contribution in [0.15, 0.2) is 47.5 Å². The predicted octanol–water partition coefficient (Wildman–Crippen LogP) is 2.57. The molecule has 156 valence electrons. The van der Waals surface area contributed by atoms with Crippen molar-refractivity contribution >= 4 is 27.4 Å². The first-order chi connectivity index (χ1) is 13.6. The Kier molecular flexibility index (Phi) is 5.80. The van der Waals surface area contributed by atoms with E-state index >= 15 is 0 Å². The summed E-state index contributed by atoms with van der Waals surface area (Å²) in [7, 11) is -3.80. The maximum atomic E-state index is 13.2. The van der Waals surface area contributed by atoms with Gasteiger partial charge in [0.15, 0.2) is 0 Å². The standard InChI is InChI=1S/C18H19F3N4O3S/c1-13(26)23-14-4-6-15(7-5-14)29(27,28)25-11-9-24(10-12-25)17-16(18(19,20)21)3-2-8-22-17/h2-8H,9-12H2,1H3,(H,23,26). The summed E-state index contributed by atoms with van der Waals surface area (Å²) in [4.78, 5) is 16.4. The second-order valence-electron chi connectivity index (χ2n) is 6.47. The molecule has 2 heterocycles. The van der Waals surface area contributed by atoms with Crippen LogP contribution in [0.1, 0.15) is 12.5 Å². The number of amides is 1. The fourth-order valence-electron chi connectivity index (χ4n) is 3.07. The molecule has 1 saturated heterocycles. The molecule has 1 N–H and O–H groups in total. The zero-order valence-electron chi connectivity index (χ0n) is 15.5. The van der Waals surface area contributed by atoms with Crippen molar-refractivity contribution in [3.05, 3.63) is 48.2 Å². The van der Waals surface area contributed by atoms with Gasteiger partial charge in [-0.2, -0.15) is 17.5 Å². The van der Waals surface area contributed by atoms with Crippen LogP contribution >= 0.6 is 0 Å². The van der Waals surface area contributed by atoms with Gasteiger partial charge in [-0.25, -0.2) is 13.4 Å². The summed E-state index contributed by atoms with van der Waals surface area (Å²) in [5.74, 6) is -0.471. The molecule has 1 aromatic heterocycles. The summed E-state index contributed by atoms with van der Waals surface area (Å²) in [6.07, 6.45) is -3.26. The van der Waals surface area contributed by atoms with Crippen LogP contribution in [0.4, 0.5) is 24.7 Å². The van der Waals surface area contributed by atoms with Crippen molar-refractivity contribution < 1.29 is 26.4 Å². The lowest BCUT2D eigenvalue weighted by atomic mass is 10.2. The molecule has 1 amide bonds. The molecule has 1 aliphatic rings. The van der Waals surface area contributed by atoms with Crippen LogP contribution in [0.25, 0.3) is 0 Å². The smallest absolute Gasteiger partial charge is 0.353 e. The van der Waals surface area contributed by atoms with Crippen molar-refractivity contribution in [2.24, 2.45) is 0 Å². The van der Waals surface area contributed by atoms with Crippen LogP contribution in [0.2, 0.25) is 0 Å². The Morgan fingerprint density at radius 3 is 2.24 bits per heavy atom. The van der Waals surface area contributed by atoms with Gasteiger partial charge in [-0.3, -0.25) is 4.79 Å². The van der Waals surface area contributed by atoms with Gasteiger partial charge in [0.2, 0.25) is 15.9 Å². The molecule has 0 spiro atoms. The number of nitrogens with one attached hydrogen (secondary N) is 1. The summed E-state index contributed by atoms with van der Waals surface area (Å²) in [5.41, 5.74) is -0.374. The maximum absolute atomic E-state index is 13.2. The second-order valence-corrected chi connectivity index (χ2v) is 8.41. The highest BCUT2D eigenvalue weighted by molar-refractivity contribution is 7.89. The Balaban J connectivity index is 1.73. The number of sulfonamides is 1. The Hall–Kier alpha value is -2.66. The molecular weight excluding hydrogens is 409 g/mol. The summed E-state index contributed by atoms with van der Waals surface area (Å²) in [6, 6.07) is 7.91. The van der Waals surface area contributed by atoms with Crippen LogP contribution in [-0.4, -0.2) is 49.8 Å². The molecule has 0 radical (unpaired) electrons. The van der Waals surface area contributed by atoms with Gasteiger partial charge < -0.3 is 10.2 Å². The van der Waals surface area contributed by atoms with E-state index in [4.69, 9.17) is 0 Å². The van der Waals surface area contributed by atoms with Gasteiger partial charge in [-0.15, -0.1) is 0 Å². The first-order valence-corrected chi connectivity index (χ1v) is 10.2. The molecule has 1 aliphatic heterocycles. The molecular formula is C18H19F3N4O3S. The number of nitrogens with zero attached hydrogens (tertiary/aromatic N) is 3. The topological polar surface area (TPSA) is 82.6 Å². The number of halogens is 3. The van der Waals surface area contributed by atoms with E-state index in [0.29, 0.717) is 5.69 Å². The summed E-state index contributed by atoms with van der Waals surface area (Å²) >= 11 is 0. The number of hydrogen-bond donors (Lipinski definition) is 1. The molecule has 11 heteroatoms.